The van der Waals surface area contributed by atoms with Crippen LogP contribution in [0.25, 0.3) is 118 Å². The average molecular weight is 1680 g/mol. The first kappa shape index (κ1) is 75.0. The van der Waals surface area contributed by atoms with Crippen LogP contribution in [0.15, 0.2) is 164 Å². The number of carboxylic acids is 3. The van der Waals surface area contributed by atoms with Crippen molar-refractivity contribution in [1.82, 2.24) is 39.4 Å². The van der Waals surface area contributed by atoms with Crippen molar-refractivity contribution in [3.05, 3.63) is 208 Å². The largest absolute Gasteiger partial charge is 0.481 e. The van der Waals surface area contributed by atoms with Crippen LogP contribution in [0, 0.1) is 5.82 Å². The van der Waals surface area contributed by atoms with Crippen molar-refractivity contribution in [3.8, 4) is 79.0 Å². The highest BCUT2D eigenvalue weighted by molar-refractivity contribution is 7.33. The van der Waals surface area contributed by atoms with Crippen LogP contribution in [0.5, 0.6) is 0 Å². The number of nitrogens with one attached hydrogen (secondary N) is 4. The van der Waals surface area contributed by atoms with E-state index in [2.05, 4.69) is 49.2 Å². The first-order valence-corrected chi connectivity index (χ1v) is 41.6. The predicted molar refractivity (Wildman–Crippen MR) is 445 cm³/mol. The van der Waals surface area contributed by atoms with Gasteiger partial charge < -0.3 is 34.5 Å². The molecule has 24 nitrogen and oxygen atoms in total. The minimum Gasteiger partial charge on any atom is -0.481 e. The molecule has 3 unspecified atom stereocenters. The molecule has 574 valence electrons. The Balaban J connectivity index is 0.624. The molecule has 0 aliphatic heterocycles. The van der Waals surface area contributed by atoms with Gasteiger partial charge in [-0.2, -0.15) is 10.2 Å². The molecule has 114 heavy (non-hydrogen) atoms. The SMILES string of the molecule is CC(OC(=O)Nc1c(-c2cc3sc(-c4cc(Cl)c(CC(=O)O)cc4F)cc3s2)cnn1C)c1ccc(-c2nn(C)c(NC(=O)OC(C)c3ccc(-[n+]4nn(C)c(NC(=O)OC(C)c5ccccc5)c4-c4cc5sc(-c6cnc(C7(C(=O)O)CC7)s6)cc5s4)cc3)c2-c2cc3sc(-c4ccc5[nH]cc(CC(=O)O)c5c4)cc3s2)cc1. The maximum absolute atomic E-state index is 15.4. The number of fused-ring (bicyclic) bond motifs is 4. The van der Waals surface area contributed by atoms with Crippen molar-refractivity contribution in [2.45, 2.75) is 70.2 Å². The lowest BCUT2D eigenvalue weighted by atomic mass is 10.0. The van der Waals surface area contributed by atoms with Gasteiger partial charge in [-0.05, 0) is 140 Å². The number of carbonyl (C=O) groups is 6. The number of halogens is 2. The monoisotopic (exact) mass is 1670 g/mol. The van der Waals surface area contributed by atoms with E-state index in [0.717, 1.165) is 85.6 Å². The van der Waals surface area contributed by atoms with Crippen molar-refractivity contribution < 1.29 is 67.4 Å². The van der Waals surface area contributed by atoms with Crippen LogP contribution in [0.4, 0.5) is 36.2 Å². The summed E-state index contributed by atoms with van der Waals surface area (Å²) in [6.45, 7) is 5.32. The summed E-state index contributed by atoms with van der Waals surface area (Å²) in [5.41, 5.74) is 7.80. The number of amides is 3. The molecule has 5 aromatic carbocycles. The summed E-state index contributed by atoms with van der Waals surface area (Å²) in [6, 6.07) is 44.9. The zero-order valence-corrected chi connectivity index (χ0v) is 67.3. The van der Waals surface area contributed by atoms with Gasteiger partial charge in [0.2, 0.25) is 5.69 Å². The standard InChI is InChI=1S/C81H62ClFN12O12S7/c1-38(41-10-8-7-9-11-41)105-80(104)89-75-72(66-34-63-61(113-66)32-64(111-63)67-37-85-76(114-67)81(22-23-81)77(100)101)95(91-94(75)6)48-19-16-43(17-20-48)40(3)107-79(103)88-74-70(65-33-62-58(112-65)29-55(108-62)45-18-21-54-49(24-45)47(35-84-54)27-69(98)99)71(90-93(74)5)44-14-12-42(13-15-44)39(2)106-78(102)87-73-51(36-86-92(73)4)57-31-60-59(110-57)30-56(109-60)50-28-52(82)46(25-53(50)83)26-68(96)97/h7-21,24-25,28-40,91H,22-23,26-27H2,1-6H3,(H5,86,87,89,96,97,98,99,100,101,102,104)/p+1. The van der Waals surface area contributed by atoms with E-state index < -0.39 is 72.2 Å². The Morgan fingerprint density at radius 1 is 0.553 bits per heavy atom. The third-order valence-corrected chi connectivity index (χ3v) is 28.6. The van der Waals surface area contributed by atoms with E-state index >= 15 is 4.39 Å². The van der Waals surface area contributed by atoms with Gasteiger partial charge in [-0.25, -0.2) is 23.8 Å². The zero-order valence-electron chi connectivity index (χ0n) is 60.9. The van der Waals surface area contributed by atoms with Crippen molar-refractivity contribution in [1.29, 1.82) is 0 Å². The van der Waals surface area contributed by atoms with Crippen molar-refractivity contribution in [2.24, 2.45) is 21.1 Å². The highest BCUT2D eigenvalue weighted by Gasteiger charge is 2.54. The molecule has 0 bridgehead atoms. The van der Waals surface area contributed by atoms with Crippen LogP contribution in [-0.2, 0) is 68.0 Å². The molecule has 3 atom stereocenters. The number of benzene rings is 5. The molecule has 16 aromatic rings. The van der Waals surface area contributed by atoms with Crippen LogP contribution < -0.4 is 20.6 Å². The Morgan fingerprint density at radius 2 is 1.08 bits per heavy atom. The fraction of sp³-hybridized carbons (Fsp3) is 0.173. The molecule has 7 N–H and O–H groups in total. The third-order valence-electron chi connectivity index (χ3n) is 19.8. The normalized spacial score (nSPS) is 13.4. The first-order chi connectivity index (χ1) is 54.8. The molecule has 33 heteroatoms. The van der Waals surface area contributed by atoms with Crippen molar-refractivity contribution in [3.63, 3.8) is 0 Å². The topological polar surface area (TPSA) is 313 Å². The van der Waals surface area contributed by atoms with Gasteiger partial charge in [0, 0.05) is 106 Å². The number of rotatable bonds is 23. The Labute approximate surface area is 679 Å². The molecule has 0 spiro atoms. The highest BCUT2D eigenvalue weighted by atomic mass is 35.5. The fourth-order valence-corrected chi connectivity index (χ4v) is 22.5. The average Bonchev–Trinajstić information content (AvgIpc) is 1.59. The van der Waals surface area contributed by atoms with Crippen LogP contribution >= 0.6 is 91.0 Å². The zero-order chi connectivity index (χ0) is 79.3. The van der Waals surface area contributed by atoms with Gasteiger partial charge in [0.1, 0.15) is 58.9 Å². The summed E-state index contributed by atoms with van der Waals surface area (Å²) < 4.78 is 45.5. The van der Waals surface area contributed by atoms with Crippen LogP contribution in [0.3, 0.4) is 0 Å². The number of aliphatic carboxylic acids is 3. The number of anilines is 3. The number of nitrogens with zero attached hydrogens (tertiary/aromatic N) is 8. The molecule has 0 radical (unpaired) electrons. The number of aryl methyl sites for hydroxylation is 3. The Morgan fingerprint density at radius 3 is 1.71 bits per heavy atom. The quantitative estimate of drug-likeness (QED) is 0.0231. The second-order valence-corrected chi connectivity index (χ2v) is 35.3. The van der Waals surface area contributed by atoms with E-state index in [0.29, 0.717) is 90.6 Å². The summed E-state index contributed by atoms with van der Waals surface area (Å²) in [5, 5.41) is 53.8. The van der Waals surface area contributed by atoms with E-state index in [-0.39, 0.29) is 22.6 Å². The van der Waals surface area contributed by atoms with E-state index in [9.17, 15) is 44.1 Å². The van der Waals surface area contributed by atoms with E-state index in [4.69, 9.17) is 36.1 Å². The number of carboxylic acid groups (broad SMARTS) is 3. The van der Waals surface area contributed by atoms with Gasteiger partial charge >= 0.3 is 36.2 Å². The Kier molecular flexibility index (Phi) is 19.7. The van der Waals surface area contributed by atoms with Crippen molar-refractivity contribution in [2.75, 3.05) is 16.0 Å². The molecule has 11 aromatic heterocycles. The predicted octanol–water partition coefficient (Wildman–Crippen LogP) is 20.7. The molecule has 1 saturated carbocycles. The first-order valence-electron chi connectivity index (χ1n) is 35.5. The minimum atomic E-state index is -1.12. The summed E-state index contributed by atoms with van der Waals surface area (Å²) in [5.74, 6) is -2.37. The molecule has 0 saturated heterocycles. The van der Waals surface area contributed by atoms with Gasteiger partial charge in [0.15, 0.2) is 5.69 Å². The smallest absolute Gasteiger partial charge is 0.415 e. The lowest BCUT2D eigenvalue weighted by molar-refractivity contribution is -0.650. The van der Waals surface area contributed by atoms with Crippen LogP contribution in [0.1, 0.15) is 84.7 Å². The summed E-state index contributed by atoms with van der Waals surface area (Å²) in [6.07, 6.45) is 1.44. The minimum absolute atomic E-state index is 0.123. The van der Waals surface area contributed by atoms with Gasteiger partial charge in [0.25, 0.3) is 5.82 Å². The maximum atomic E-state index is 15.4. The molecule has 3 amide bonds. The second kappa shape index (κ2) is 30.0. The molecule has 17 rings (SSSR count). The molecular formula is C81H63ClFN12O12S7+. The van der Waals surface area contributed by atoms with Gasteiger partial charge in [-0.3, -0.25) is 39.7 Å². The number of hydrogen-bond donors (Lipinski definition) is 7. The molecule has 1 aliphatic rings. The number of carbonyl (C=O) groups excluding carboxylic acids is 3. The lowest BCUT2D eigenvalue weighted by Crippen LogP contribution is -2.35. The number of hydrogen-bond acceptors (Lipinski definition) is 20. The third kappa shape index (κ3) is 14.5. The van der Waals surface area contributed by atoms with Gasteiger partial charge in [-0.15, -0.1) is 84.0 Å². The van der Waals surface area contributed by atoms with Gasteiger partial charge in [-0.1, -0.05) is 89.1 Å². The summed E-state index contributed by atoms with van der Waals surface area (Å²) in [4.78, 5) is 91.1. The van der Waals surface area contributed by atoms with E-state index in [1.165, 1.54) is 67.4 Å². The molecular weight excluding hydrogens is 1610 g/mol. The van der Waals surface area contributed by atoms with Crippen LogP contribution in [0.2, 0.25) is 5.02 Å². The lowest BCUT2D eigenvalue weighted by Gasteiger charge is -2.16. The number of thiophene rings is 6. The summed E-state index contributed by atoms with van der Waals surface area (Å²) >= 11 is 16.7. The Hall–Kier alpha value is -11.8. The summed E-state index contributed by atoms with van der Waals surface area (Å²) in [7, 11) is 5.16. The molecule has 1 fully saturated rings. The number of aromatic amines is 1. The van der Waals surface area contributed by atoms with E-state index in [1.54, 1.807) is 97.2 Å². The van der Waals surface area contributed by atoms with E-state index in [1.807, 2.05) is 115 Å². The van der Waals surface area contributed by atoms with Crippen molar-refractivity contribution >= 4 is 184 Å². The Bertz CT molecular complexity index is 6460. The molecule has 1 aliphatic carbocycles. The molecule has 11 heterocycles. The number of thiazole rings is 1. The number of H-pyrrole nitrogens is 1. The van der Waals surface area contributed by atoms with Crippen LogP contribution in [-0.4, -0.2) is 90.9 Å². The number of aromatic nitrogens is 9. The highest BCUT2D eigenvalue weighted by Crippen LogP contribution is 2.53. The second-order valence-electron chi connectivity index (χ2n) is 27.4. The van der Waals surface area contributed by atoms with Gasteiger partial charge in [0.05, 0.1) is 45.1 Å². The maximum Gasteiger partial charge on any atom is 0.415 e. The fourth-order valence-electron chi connectivity index (χ4n) is 13.7. The number of ether oxygens (including phenoxy) is 3.